The van der Waals surface area contributed by atoms with E-state index >= 15 is 0 Å². The number of pyridine rings is 1. The van der Waals surface area contributed by atoms with Crippen molar-refractivity contribution in [3.8, 4) is 5.88 Å². The number of halogens is 1. The predicted octanol–water partition coefficient (Wildman–Crippen LogP) is 3.29. The van der Waals surface area contributed by atoms with Gasteiger partial charge in [0.05, 0.1) is 6.61 Å². The minimum Gasteiger partial charge on any atom is -0.474 e. The van der Waals surface area contributed by atoms with Gasteiger partial charge >= 0.3 is 0 Å². The summed E-state index contributed by atoms with van der Waals surface area (Å²) < 4.78 is 11.0. The molecule has 0 atom stereocenters. The fraction of sp³-hybridized carbons (Fsp3) is 0.667. The Bertz CT molecular complexity index is 386. The van der Waals surface area contributed by atoms with E-state index in [0.717, 1.165) is 31.7 Å². The Morgan fingerprint density at radius 1 is 1.35 bits per heavy atom. The Morgan fingerprint density at radius 3 is 2.80 bits per heavy atom. The highest BCUT2D eigenvalue weighted by atomic mass is 35.5. The van der Waals surface area contributed by atoms with E-state index in [1.54, 1.807) is 6.20 Å². The summed E-state index contributed by atoms with van der Waals surface area (Å²) in [4.78, 5) is 4.24. The Labute approximate surface area is 126 Å². The van der Waals surface area contributed by atoms with E-state index in [9.17, 15) is 0 Å². The molecule has 0 aliphatic carbocycles. The molecule has 0 saturated carbocycles. The van der Waals surface area contributed by atoms with Crippen molar-refractivity contribution in [2.24, 2.45) is 5.92 Å². The molecular weight excluding hydrogens is 276 g/mol. The van der Waals surface area contributed by atoms with Gasteiger partial charge in [-0.2, -0.15) is 0 Å². The third kappa shape index (κ3) is 7.08. The molecule has 0 aliphatic heterocycles. The lowest BCUT2D eigenvalue weighted by atomic mass is 10.2. The molecule has 1 aromatic rings. The van der Waals surface area contributed by atoms with E-state index < -0.39 is 0 Å². The number of aromatic nitrogens is 1. The monoisotopic (exact) mass is 300 g/mol. The van der Waals surface area contributed by atoms with Crippen molar-refractivity contribution in [2.45, 2.75) is 33.7 Å². The summed E-state index contributed by atoms with van der Waals surface area (Å²) in [5.41, 5.74) is 1.06. The molecular formula is C15H25ClN2O2. The van der Waals surface area contributed by atoms with Gasteiger partial charge in [0.15, 0.2) is 0 Å². The van der Waals surface area contributed by atoms with Gasteiger partial charge in [0.25, 0.3) is 0 Å². The molecule has 20 heavy (non-hydrogen) atoms. The standard InChI is InChI=1S/C15H25ClN2O2/c1-4-5-17-9-13-8-14(16)15(18-10-13)20-7-6-19-11-12(2)3/h8,10,12,17H,4-7,9,11H2,1-3H3. The van der Waals surface area contributed by atoms with Crippen molar-refractivity contribution in [2.75, 3.05) is 26.4 Å². The van der Waals surface area contributed by atoms with E-state index in [2.05, 4.69) is 31.1 Å². The summed E-state index contributed by atoms with van der Waals surface area (Å²) in [6, 6.07) is 1.89. The van der Waals surface area contributed by atoms with Crippen LogP contribution in [0, 0.1) is 5.92 Å². The van der Waals surface area contributed by atoms with Crippen LogP contribution < -0.4 is 10.1 Å². The van der Waals surface area contributed by atoms with E-state index in [-0.39, 0.29) is 0 Å². The number of rotatable bonds is 10. The van der Waals surface area contributed by atoms with Crippen LogP contribution in [0.2, 0.25) is 5.02 Å². The van der Waals surface area contributed by atoms with Gasteiger partial charge in [-0.25, -0.2) is 4.98 Å². The topological polar surface area (TPSA) is 43.4 Å². The summed E-state index contributed by atoms with van der Waals surface area (Å²) >= 11 is 6.15. The molecule has 0 radical (unpaired) electrons. The Morgan fingerprint density at radius 2 is 2.15 bits per heavy atom. The molecule has 1 heterocycles. The molecule has 4 nitrogen and oxygen atoms in total. The maximum absolute atomic E-state index is 6.15. The Hall–Kier alpha value is -0.840. The van der Waals surface area contributed by atoms with Crippen molar-refractivity contribution in [3.63, 3.8) is 0 Å². The first kappa shape index (κ1) is 17.2. The molecule has 114 valence electrons. The normalized spacial score (nSPS) is 11.1. The number of ether oxygens (including phenoxy) is 2. The number of nitrogens with zero attached hydrogens (tertiary/aromatic N) is 1. The highest BCUT2D eigenvalue weighted by Crippen LogP contribution is 2.22. The van der Waals surface area contributed by atoms with E-state index in [1.807, 2.05) is 6.07 Å². The third-order valence-electron chi connectivity index (χ3n) is 2.54. The molecule has 5 heteroatoms. The molecule has 0 aliphatic rings. The van der Waals surface area contributed by atoms with Gasteiger partial charge in [-0.05, 0) is 30.5 Å². The van der Waals surface area contributed by atoms with Crippen LogP contribution in [-0.4, -0.2) is 31.3 Å². The van der Waals surface area contributed by atoms with Crippen molar-refractivity contribution in [3.05, 3.63) is 22.8 Å². The van der Waals surface area contributed by atoms with E-state index in [0.29, 0.717) is 30.0 Å². The summed E-state index contributed by atoms with van der Waals surface area (Å²) in [5.74, 6) is 1.01. The van der Waals surface area contributed by atoms with Gasteiger partial charge in [0, 0.05) is 19.3 Å². The van der Waals surface area contributed by atoms with Gasteiger partial charge < -0.3 is 14.8 Å². The summed E-state index contributed by atoms with van der Waals surface area (Å²) in [5, 5.41) is 3.86. The SMILES string of the molecule is CCCNCc1cnc(OCCOCC(C)C)c(Cl)c1. The minimum atomic E-state index is 0.465. The van der Waals surface area contributed by atoms with Crippen LogP contribution in [-0.2, 0) is 11.3 Å². The lowest BCUT2D eigenvalue weighted by Crippen LogP contribution is -2.14. The van der Waals surface area contributed by atoms with E-state index in [1.165, 1.54) is 0 Å². The summed E-state index contributed by atoms with van der Waals surface area (Å²) in [7, 11) is 0. The van der Waals surface area contributed by atoms with Crippen molar-refractivity contribution in [1.29, 1.82) is 0 Å². The maximum atomic E-state index is 6.15. The number of hydrogen-bond acceptors (Lipinski definition) is 4. The highest BCUT2D eigenvalue weighted by Gasteiger charge is 2.05. The molecule has 0 aromatic carbocycles. The fourth-order valence-electron chi connectivity index (χ4n) is 1.59. The van der Waals surface area contributed by atoms with Crippen molar-refractivity contribution in [1.82, 2.24) is 10.3 Å². The second-order valence-corrected chi connectivity index (χ2v) is 5.53. The summed E-state index contributed by atoms with van der Waals surface area (Å²) in [6.07, 6.45) is 2.90. The molecule has 0 spiro atoms. The lowest BCUT2D eigenvalue weighted by Gasteiger charge is -2.10. The number of nitrogens with one attached hydrogen (secondary N) is 1. The van der Waals surface area contributed by atoms with Gasteiger partial charge in [-0.15, -0.1) is 0 Å². The quantitative estimate of drug-likeness (QED) is 0.673. The second kappa shape index (κ2) is 9.97. The molecule has 0 fully saturated rings. The van der Waals surface area contributed by atoms with Crippen molar-refractivity contribution >= 4 is 11.6 Å². The van der Waals surface area contributed by atoms with Gasteiger partial charge in [-0.3, -0.25) is 0 Å². The molecule has 0 bridgehead atoms. The zero-order valence-electron chi connectivity index (χ0n) is 12.6. The zero-order valence-corrected chi connectivity index (χ0v) is 13.4. The fourth-order valence-corrected chi connectivity index (χ4v) is 1.84. The van der Waals surface area contributed by atoms with Crippen LogP contribution in [0.3, 0.4) is 0 Å². The molecule has 1 N–H and O–H groups in total. The third-order valence-corrected chi connectivity index (χ3v) is 2.81. The average Bonchev–Trinajstić information content (AvgIpc) is 2.40. The predicted molar refractivity (Wildman–Crippen MR) is 82.4 cm³/mol. The number of hydrogen-bond donors (Lipinski definition) is 1. The molecule has 1 aromatic heterocycles. The Balaban J connectivity index is 2.32. The lowest BCUT2D eigenvalue weighted by molar-refractivity contribution is 0.0806. The first-order chi connectivity index (χ1) is 9.63. The first-order valence-electron chi connectivity index (χ1n) is 7.19. The Kier molecular flexibility index (Phi) is 8.58. The second-order valence-electron chi connectivity index (χ2n) is 5.12. The zero-order chi connectivity index (χ0) is 14.8. The summed E-state index contributed by atoms with van der Waals surface area (Å²) in [6.45, 7) is 9.89. The van der Waals surface area contributed by atoms with Crippen LogP contribution in [0.15, 0.2) is 12.3 Å². The van der Waals surface area contributed by atoms with Gasteiger partial charge in [-0.1, -0.05) is 32.4 Å². The average molecular weight is 301 g/mol. The first-order valence-corrected chi connectivity index (χ1v) is 7.57. The van der Waals surface area contributed by atoms with E-state index in [4.69, 9.17) is 21.1 Å². The van der Waals surface area contributed by atoms with Crippen LogP contribution >= 0.6 is 11.6 Å². The van der Waals surface area contributed by atoms with Crippen LogP contribution in [0.5, 0.6) is 5.88 Å². The molecule has 0 unspecified atom stereocenters. The van der Waals surface area contributed by atoms with Gasteiger partial charge in [0.1, 0.15) is 11.6 Å². The van der Waals surface area contributed by atoms with Crippen molar-refractivity contribution < 1.29 is 9.47 Å². The molecule has 0 amide bonds. The van der Waals surface area contributed by atoms with Crippen LogP contribution in [0.25, 0.3) is 0 Å². The maximum Gasteiger partial charge on any atom is 0.232 e. The molecule has 1 rings (SSSR count). The smallest absolute Gasteiger partial charge is 0.232 e. The van der Waals surface area contributed by atoms with Gasteiger partial charge in [0.2, 0.25) is 5.88 Å². The largest absolute Gasteiger partial charge is 0.474 e. The highest BCUT2D eigenvalue weighted by molar-refractivity contribution is 6.31. The molecule has 0 saturated heterocycles. The van der Waals surface area contributed by atoms with Crippen LogP contribution in [0.1, 0.15) is 32.8 Å². The van der Waals surface area contributed by atoms with Crippen LogP contribution in [0.4, 0.5) is 0 Å². The minimum absolute atomic E-state index is 0.465.